The van der Waals surface area contributed by atoms with E-state index in [0.717, 1.165) is 24.5 Å². The predicted molar refractivity (Wildman–Crippen MR) is 138 cm³/mol. The monoisotopic (exact) mass is 527 g/mol. The molecule has 5 rings (SSSR count). The molecule has 0 saturated heterocycles. The number of rotatable bonds is 7. The summed E-state index contributed by atoms with van der Waals surface area (Å²) >= 11 is 0. The standard InChI is InChI=1S/C29H32F3N3O3/c1-29(2,3)38-28(37)35-25(17-4-5-17)27(36)33-14-15-10-18(11-15)23-21-12-20(31)13-22(32)26(21)34-24(23)16-6-8-19(30)9-7-16/h6-9,12-13,15,17-18,25,34H,4-5,10-11,14H2,1-3H3,(H,33,36)(H,35,37)/t15?,18?,25-/m1/s1. The van der Waals surface area contributed by atoms with E-state index in [-0.39, 0.29) is 35.0 Å². The van der Waals surface area contributed by atoms with Gasteiger partial charge in [0.2, 0.25) is 5.91 Å². The molecule has 2 saturated carbocycles. The van der Waals surface area contributed by atoms with E-state index < -0.39 is 29.4 Å². The van der Waals surface area contributed by atoms with Crippen molar-refractivity contribution in [1.82, 2.24) is 15.6 Å². The minimum Gasteiger partial charge on any atom is -0.444 e. The zero-order valence-corrected chi connectivity index (χ0v) is 21.7. The molecule has 9 heteroatoms. The van der Waals surface area contributed by atoms with E-state index in [1.165, 1.54) is 18.2 Å². The zero-order chi connectivity index (χ0) is 27.2. The third-order valence-electron chi connectivity index (χ3n) is 7.25. The Balaban J connectivity index is 1.27. The molecular weight excluding hydrogens is 495 g/mol. The third kappa shape index (κ3) is 5.66. The van der Waals surface area contributed by atoms with Crippen molar-refractivity contribution in [3.63, 3.8) is 0 Å². The Morgan fingerprint density at radius 3 is 2.37 bits per heavy atom. The van der Waals surface area contributed by atoms with Crippen molar-refractivity contribution in [3.05, 3.63) is 59.4 Å². The molecule has 202 valence electrons. The van der Waals surface area contributed by atoms with Crippen LogP contribution in [0.5, 0.6) is 0 Å². The van der Waals surface area contributed by atoms with Gasteiger partial charge >= 0.3 is 6.09 Å². The number of carbonyl (C=O) groups is 2. The largest absolute Gasteiger partial charge is 0.444 e. The first-order valence-electron chi connectivity index (χ1n) is 13.0. The Labute approximate surface area is 219 Å². The van der Waals surface area contributed by atoms with Crippen molar-refractivity contribution < 1.29 is 27.5 Å². The number of halogens is 3. The van der Waals surface area contributed by atoms with Gasteiger partial charge in [-0.3, -0.25) is 4.79 Å². The number of H-pyrrole nitrogens is 1. The highest BCUT2D eigenvalue weighted by atomic mass is 19.1. The number of hydrogen-bond donors (Lipinski definition) is 3. The smallest absolute Gasteiger partial charge is 0.408 e. The van der Waals surface area contributed by atoms with Gasteiger partial charge in [0.25, 0.3) is 0 Å². The Kier molecular flexibility index (Phi) is 6.88. The molecule has 0 radical (unpaired) electrons. The van der Waals surface area contributed by atoms with Crippen LogP contribution < -0.4 is 10.6 Å². The molecule has 0 unspecified atom stereocenters. The number of ether oxygens (including phenoxy) is 1. The van der Waals surface area contributed by atoms with Crippen molar-refractivity contribution in [1.29, 1.82) is 0 Å². The lowest BCUT2D eigenvalue weighted by atomic mass is 9.70. The van der Waals surface area contributed by atoms with E-state index in [1.807, 2.05) is 0 Å². The number of aromatic nitrogens is 1. The number of nitrogens with one attached hydrogen (secondary N) is 3. The number of fused-ring (bicyclic) bond motifs is 1. The molecule has 3 N–H and O–H groups in total. The average molecular weight is 528 g/mol. The van der Waals surface area contributed by atoms with Crippen LogP contribution >= 0.6 is 0 Å². The van der Waals surface area contributed by atoms with E-state index in [2.05, 4.69) is 15.6 Å². The Morgan fingerprint density at radius 2 is 1.74 bits per heavy atom. The summed E-state index contributed by atoms with van der Waals surface area (Å²) in [6.45, 7) is 5.74. The highest BCUT2D eigenvalue weighted by Crippen LogP contribution is 2.48. The quantitative estimate of drug-likeness (QED) is 0.344. The summed E-state index contributed by atoms with van der Waals surface area (Å²) in [4.78, 5) is 28.2. The molecular formula is C29H32F3N3O3. The van der Waals surface area contributed by atoms with Crippen LogP contribution in [0.15, 0.2) is 36.4 Å². The number of amides is 2. The minimum atomic E-state index is -0.679. The van der Waals surface area contributed by atoms with E-state index >= 15 is 0 Å². The first kappa shape index (κ1) is 26.1. The van der Waals surface area contributed by atoms with Gasteiger partial charge in [-0.15, -0.1) is 0 Å². The van der Waals surface area contributed by atoms with E-state index in [0.29, 0.717) is 36.0 Å². The van der Waals surface area contributed by atoms with Gasteiger partial charge < -0.3 is 20.4 Å². The molecule has 38 heavy (non-hydrogen) atoms. The lowest BCUT2D eigenvalue weighted by Crippen LogP contribution is -2.50. The van der Waals surface area contributed by atoms with Gasteiger partial charge in [-0.1, -0.05) is 0 Å². The summed E-state index contributed by atoms with van der Waals surface area (Å²) in [5.74, 6) is -1.65. The number of alkyl carbamates (subject to hydrolysis) is 1. The van der Waals surface area contributed by atoms with Gasteiger partial charge in [0.1, 0.15) is 29.1 Å². The molecule has 6 nitrogen and oxygen atoms in total. The number of hydrogen-bond acceptors (Lipinski definition) is 3. The second-order valence-electron chi connectivity index (χ2n) is 11.5. The molecule has 0 aliphatic heterocycles. The first-order valence-corrected chi connectivity index (χ1v) is 13.0. The summed E-state index contributed by atoms with van der Waals surface area (Å²) in [6, 6.07) is 7.44. The molecule has 1 atom stereocenters. The normalized spacial score (nSPS) is 20.1. The summed E-state index contributed by atoms with van der Waals surface area (Å²) in [5, 5.41) is 6.16. The van der Waals surface area contributed by atoms with Crippen molar-refractivity contribution in [2.24, 2.45) is 11.8 Å². The van der Waals surface area contributed by atoms with Crippen LogP contribution in [0.25, 0.3) is 22.2 Å². The van der Waals surface area contributed by atoms with Crippen molar-refractivity contribution in [3.8, 4) is 11.3 Å². The van der Waals surface area contributed by atoms with Crippen LogP contribution in [-0.4, -0.2) is 35.2 Å². The molecule has 3 aromatic rings. The average Bonchev–Trinajstić information content (AvgIpc) is 3.57. The second-order valence-corrected chi connectivity index (χ2v) is 11.5. The maximum absolute atomic E-state index is 14.6. The van der Waals surface area contributed by atoms with Crippen LogP contribution in [0.4, 0.5) is 18.0 Å². The Morgan fingerprint density at radius 1 is 1.05 bits per heavy atom. The van der Waals surface area contributed by atoms with Gasteiger partial charge in [-0.05, 0) is 106 Å². The van der Waals surface area contributed by atoms with Crippen LogP contribution in [0, 0.1) is 29.3 Å². The number of benzene rings is 2. The van der Waals surface area contributed by atoms with Crippen molar-refractivity contribution in [2.75, 3.05) is 6.54 Å². The second kappa shape index (κ2) is 10.0. The summed E-state index contributed by atoms with van der Waals surface area (Å²) < 4.78 is 47.6. The van der Waals surface area contributed by atoms with E-state index in [4.69, 9.17) is 4.74 Å². The van der Waals surface area contributed by atoms with E-state index in [1.54, 1.807) is 32.9 Å². The van der Waals surface area contributed by atoms with Crippen molar-refractivity contribution in [2.45, 2.75) is 64.0 Å². The molecule has 0 bridgehead atoms. The lowest BCUT2D eigenvalue weighted by Gasteiger charge is -2.36. The van der Waals surface area contributed by atoms with Crippen LogP contribution in [0.2, 0.25) is 0 Å². The molecule has 0 spiro atoms. The molecule has 2 aliphatic carbocycles. The maximum atomic E-state index is 14.6. The summed E-state index contributed by atoms with van der Waals surface area (Å²) in [7, 11) is 0. The Hall–Kier alpha value is -3.49. The van der Waals surface area contributed by atoms with Crippen LogP contribution in [-0.2, 0) is 9.53 Å². The van der Waals surface area contributed by atoms with Crippen LogP contribution in [0.1, 0.15) is 57.9 Å². The predicted octanol–water partition coefficient (Wildman–Crippen LogP) is 6.17. The van der Waals surface area contributed by atoms with E-state index in [9.17, 15) is 22.8 Å². The number of carbonyl (C=O) groups excluding carboxylic acids is 2. The molecule has 1 aromatic heterocycles. The molecule has 1 heterocycles. The lowest BCUT2D eigenvalue weighted by molar-refractivity contribution is -0.124. The molecule has 2 amide bonds. The SMILES string of the molecule is CC(C)(C)OC(=O)N[C@@H](C(=O)NCC1CC(c2c(-c3ccc(F)cc3)[nH]c3c(F)cc(F)cc23)C1)C1CC1. The van der Waals surface area contributed by atoms with Gasteiger partial charge in [-0.25, -0.2) is 18.0 Å². The summed E-state index contributed by atoms with van der Waals surface area (Å²) in [5.41, 5.74) is 1.70. The zero-order valence-electron chi connectivity index (χ0n) is 21.7. The number of aromatic amines is 1. The van der Waals surface area contributed by atoms with Gasteiger partial charge in [-0.2, -0.15) is 0 Å². The first-order chi connectivity index (χ1) is 18.0. The highest BCUT2D eigenvalue weighted by Gasteiger charge is 2.39. The van der Waals surface area contributed by atoms with Gasteiger partial charge in [0, 0.05) is 18.0 Å². The molecule has 2 fully saturated rings. The summed E-state index contributed by atoms with van der Waals surface area (Å²) in [6.07, 6.45) is 2.57. The fraction of sp³-hybridized carbons (Fsp3) is 0.448. The highest BCUT2D eigenvalue weighted by molar-refractivity contribution is 5.92. The van der Waals surface area contributed by atoms with Gasteiger partial charge in [0.05, 0.1) is 11.2 Å². The van der Waals surface area contributed by atoms with Gasteiger partial charge in [0.15, 0.2) is 0 Å². The Bertz CT molecular complexity index is 1350. The van der Waals surface area contributed by atoms with Crippen molar-refractivity contribution >= 4 is 22.9 Å². The third-order valence-corrected chi connectivity index (χ3v) is 7.25. The topological polar surface area (TPSA) is 83.2 Å². The molecule has 2 aliphatic rings. The minimum absolute atomic E-state index is 0.0195. The fourth-order valence-electron chi connectivity index (χ4n) is 5.26. The maximum Gasteiger partial charge on any atom is 0.408 e. The molecule has 2 aromatic carbocycles. The fourth-order valence-corrected chi connectivity index (χ4v) is 5.26. The van der Waals surface area contributed by atoms with Crippen LogP contribution in [0.3, 0.4) is 0 Å².